The molecule has 0 aliphatic rings. The highest BCUT2D eigenvalue weighted by molar-refractivity contribution is 5.77. The van der Waals surface area contributed by atoms with Gasteiger partial charge in [-0.3, -0.25) is 4.79 Å². The van der Waals surface area contributed by atoms with E-state index in [1.165, 1.54) is 25.7 Å². The molecule has 0 aromatic heterocycles. The van der Waals surface area contributed by atoms with Gasteiger partial charge >= 0.3 is 5.97 Å². The van der Waals surface area contributed by atoms with E-state index in [-0.39, 0.29) is 0 Å². The van der Waals surface area contributed by atoms with E-state index in [0.29, 0.717) is 6.42 Å². The second kappa shape index (κ2) is 6.82. The highest BCUT2D eigenvalue weighted by Gasteiger charge is 2.26. The van der Waals surface area contributed by atoms with Gasteiger partial charge < -0.3 is 10.8 Å². The van der Waals surface area contributed by atoms with Crippen molar-refractivity contribution >= 4 is 5.97 Å². The Morgan fingerprint density at radius 2 is 1.71 bits per heavy atom. The molecule has 0 saturated heterocycles. The van der Waals surface area contributed by atoms with Gasteiger partial charge in [-0.15, -0.1) is 0 Å². The molecule has 0 rings (SSSR count). The summed E-state index contributed by atoms with van der Waals surface area (Å²) in [5, 5.41) is 8.76. The van der Waals surface area contributed by atoms with Crippen LogP contribution in [0.5, 0.6) is 0 Å². The molecule has 3 N–H and O–H groups in total. The second-order valence-corrected chi connectivity index (χ2v) is 4.24. The van der Waals surface area contributed by atoms with Crippen LogP contribution in [-0.4, -0.2) is 16.6 Å². The summed E-state index contributed by atoms with van der Waals surface area (Å²) >= 11 is 0. The Morgan fingerprint density at radius 3 is 2.21 bits per heavy atom. The van der Waals surface area contributed by atoms with E-state index in [4.69, 9.17) is 10.8 Å². The smallest absolute Gasteiger partial charge is 0.323 e. The minimum Gasteiger partial charge on any atom is -0.480 e. The maximum Gasteiger partial charge on any atom is 0.323 e. The van der Waals surface area contributed by atoms with E-state index < -0.39 is 11.5 Å². The first-order valence-electron chi connectivity index (χ1n) is 5.53. The Labute approximate surface area is 86.7 Å². The summed E-state index contributed by atoms with van der Waals surface area (Å²) in [6.45, 7) is 3.77. The second-order valence-electron chi connectivity index (χ2n) is 4.24. The topological polar surface area (TPSA) is 63.3 Å². The lowest BCUT2D eigenvalue weighted by molar-refractivity contribution is -0.142. The standard InChI is InChI=1S/C11H23NO2/c1-3-4-5-6-7-8-9-11(2,12)10(13)14/h3-9,12H2,1-2H3,(H,13,14). The van der Waals surface area contributed by atoms with Crippen LogP contribution in [-0.2, 0) is 4.79 Å². The third kappa shape index (κ3) is 5.97. The molecule has 0 aliphatic heterocycles. The Bertz CT molecular complexity index is 167. The average molecular weight is 201 g/mol. The number of hydrogen-bond acceptors (Lipinski definition) is 2. The molecular weight excluding hydrogens is 178 g/mol. The molecule has 0 radical (unpaired) electrons. The minimum atomic E-state index is -1.04. The predicted octanol–water partition coefficient (Wildman–Crippen LogP) is 2.54. The van der Waals surface area contributed by atoms with Crippen LogP contribution in [0.15, 0.2) is 0 Å². The van der Waals surface area contributed by atoms with E-state index in [1.54, 1.807) is 6.92 Å². The van der Waals surface area contributed by atoms with E-state index in [9.17, 15) is 4.79 Å². The van der Waals surface area contributed by atoms with Gasteiger partial charge in [0.1, 0.15) is 5.54 Å². The number of unbranched alkanes of at least 4 members (excludes halogenated alkanes) is 5. The van der Waals surface area contributed by atoms with E-state index >= 15 is 0 Å². The summed E-state index contributed by atoms with van der Waals surface area (Å²) in [6, 6.07) is 0. The molecule has 0 saturated carbocycles. The lowest BCUT2D eigenvalue weighted by atomic mass is 9.95. The van der Waals surface area contributed by atoms with Crippen LogP contribution < -0.4 is 5.73 Å². The van der Waals surface area contributed by atoms with Crippen molar-refractivity contribution in [3.05, 3.63) is 0 Å². The summed E-state index contributed by atoms with van der Waals surface area (Å²) in [6.07, 6.45) is 7.56. The summed E-state index contributed by atoms with van der Waals surface area (Å²) < 4.78 is 0. The molecule has 0 fully saturated rings. The quantitative estimate of drug-likeness (QED) is 0.593. The van der Waals surface area contributed by atoms with Crippen molar-refractivity contribution in [3.8, 4) is 0 Å². The van der Waals surface area contributed by atoms with Crippen LogP contribution in [0.4, 0.5) is 0 Å². The van der Waals surface area contributed by atoms with Crippen LogP contribution in [0.3, 0.4) is 0 Å². The van der Waals surface area contributed by atoms with E-state index in [2.05, 4.69) is 6.92 Å². The van der Waals surface area contributed by atoms with Gasteiger partial charge in [0.15, 0.2) is 0 Å². The Balaban J connectivity index is 3.40. The predicted molar refractivity (Wildman–Crippen MR) is 58.2 cm³/mol. The summed E-state index contributed by atoms with van der Waals surface area (Å²) in [7, 11) is 0. The molecule has 1 atom stereocenters. The Morgan fingerprint density at radius 1 is 1.21 bits per heavy atom. The molecule has 0 spiro atoms. The lowest BCUT2D eigenvalue weighted by Gasteiger charge is -2.18. The fraction of sp³-hybridized carbons (Fsp3) is 0.909. The zero-order valence-electron chi connectivity index (χ0n) is 9.38. The molecule has 0 amide bonds. The highest BCUT2D eigenvalue weighted by Crippen LogP contribution is 2.13. The number of hydrogen-bond donors (Lipinski definition) is 2. The third-order valence-corrected chi connectivity index (χ3v) is 2.54. The van der Waals surface area contributed by atoms with E-state index in [1.807, 2.05) is 0 Å². The van der Waals surface area contributed by atoms with Crippen molar-refractivity contribution in [1.29, 1.82) is 0 Å². The number of carboxylic acids is 1. The van der Waals surface area contributed by atoms with Gasteiger partial charge in [-0.25, -0.2) is 0 Å². The van der Waals surface area contributed by atoms with Crippen molar-refractivity contribution in [2.45, 2.75) is 64.3 Å². The zero-order chi connectivity index (χ0) is 11.0. The Kier molecular flexibility index (Phi) is 6.54. The average Bonchev–Trinajstić information content (AvgIpc) is 2.10. The summed E-state index contributed by atoms with van der Waals surface area (Å²) in [4.78, 5) is 10.7. The van der Waals surface area contributed by atoms with Crippen molar-refractivity contribution in [2.24, 2.45) is 5.73 Å². The van der Waals surface area contributed by atoms with Crippen molar-refractivity contribution in [3.63, 3.8) is 0 Å². The van der Waals surface area contributed by atoms with Crippen LogP contribution in [0.2, 0.25) is 0 Å². The van der Waals surface area contributed by atoms with Crippen LogP contribution in [0, 0.1) is 0 Å². The number of nitrogens with two attached hydrogens (primary N) is 1. The number of carboxylic acid groups (broad SMARTS) is 1. The first-order chi connectivity index (χ1) is 6.50. The number of aliphatic carboxylic acids is 1. The van der Waals surface area contributed by atoms with Crippen molar-refractivity contribution in [2.75, 3.05) is 0 Å². The Hall–Kier alpha value is -0.570. The first-order valence-corrected chi connectivity index (χ1v) is 5.53. The monoisotopic (exact) mass is 201 g/mol. The van der Waals surface area contributed by atoms with Gasteiger partial charge in [0.25, 0.3) is 0 Å². The maximum absolute atomic E-state index is 10.7. The molecule has 0 aliphatic carbocycles. The molecule has 14 heavy (non-hydrogen) atoms. The molecule has 0 aromatic carbocycles. The van der Waals surface area contributed by atoms with Gasteiger partial charge in [-0.1, -0.05) is 45.4 Å². The fourth-order valence-electron chi connectivity index (χ4n) is 1.38. The first kappa shape index (κ1) is 13.4. The third-order valence-electron chi connectivity index (χ3n) is 2.54. The highest BCUT2D eigenvalue weighted by atomic mass is 16.4. The van der Waals surface area contributed by atoms with Gasteiger partial charge in [0.05, 0.1) is 0 Å². The number of carbonyl (C=O) groups is 1. The summed E-state index contributed by atoms with van der Waals surface area (Å²) in [5.74, 6) is -0.897. The summed E-state index contributed by atoms with van der Waals surface area (Å²) in [5.41, 5.74) is 4.56. The molecular formula is C11H23NO2. The zero-order valence-corrected chi connectivity index (χ0v) is 9.38. The minimum absolute atomic E-state index is 0.578. The normalized spacial score (nSPS) is 15.1. The molecule has 1 unspecified atom stereocenters. The van der Waals surface area contributed by atoms with Crippen LogP contribution >= 0.6 is 0 Å². The molecule has 0 bridgehead atoms. The molecule has 0 heterocycles. The van der Waals surface area contributed by atoms with Gasteiger partial charge in [0.2, 0.25) is 0 Å². The van der Waals surface area contributed by atoms with Crippen LogP contribution in [0.25, 0.3) is 0 Å². The maximum atomic E-state index is 10.7. The van der Waals surface area contributed by atoms with Crippen molar-refractivity contribution in [1.82, 2.24) is 0 Å². The SMILES string of the molecule is CCCCCCCCC(C)(N)C(=O)O. The van der Waals surface area contributed by atoms with Crippen molar-refractivity contribution < 1.29 is 9.90 Å². The molecule has 3 heteroatoms. The lowest BCUT2D eigenvalue weighted by Crippen LogP contribution is -2.44. The van der Waals surface area contributed by atoms with Gasteiger partial charge in [0, 0.05) is 0 Å². The largest absolute Gasteiger partial charge is 0.480 e. The molecule has 0 aromatic rings. The van der Waals surface area contributed by atoms with E-state index in [0.717, 1.165) is 12.8 Å². The molecule has 84 valence electrons. The van der Waals surface area contributed by atoms with Gasteiger partial charge in [-0.2, -0.15) is 0 Å². The molecule has 3 nitrogen and oxygen atoms in total. The van der Waals surface area contributed by atoms with Crippen LogP contribution in [0.1, 0.15) is 58.8 Å². The fourth-order valence-corrected chi connectivity index (χ4v) is 1.38. The van der Waals surface area contributed by atoms with Gasteiger partial charge in [-0.05, 0) is 13.3 Å². The number of rotatable bonds is 8.